The van der Waals surface area contributed by atoms with E-state index in [0.717, 1.165) is 0 Å². The smallest absolute Gasteiger partial charge is 0.339 e. The Labute approximate surface area is 142 Å². The van der Waals surface area contributed by atoms with Gasteiger partial charge in [-0.3, -0.25) is 9.00 Å². The molecule has 0 bridgehead atoms. The number of carbonyl (C=O) groups is 2. The summed E-state index contributed by atoms with van der Waals surface area (Å²) in [7, 11) is 1.14. The van der Waals surface area contributed by atoms with Crippen molar-refractivity contribution in [3.8, 4) is 5.75 Å². The number of carbonyl (C=O) groups excluding carboxylic acids is 2. The summed E-state index contributed by atoms with van der Waals surface area (Å²) in [6.45, 7) is 0. The molecule has 24 heavy (non-hydrogen) atoms. The first-order valence-electron chi connectivity index (χ1n) is 7.04. The lowest BCUT2D eigenvalue weighted by atomic mass is 10.2. The number of rotatable bonds is 6. The lowest BCUT2D eigenvalue weighted by Gasteiger charge is -2.09. The molecule has 126 valence electrons. The zero-order chi connectivity index (χ0) is 17.5. The fourth-order valence-corrected chi connectivity index (χ4v) is 3.10. The van der Waals surface area contributed by atoms with E-state index in [0.29, 0.717) is 11.4 Å². The lowest BCUT2D eigenvalue weighted by molar-refractivity contribution is -0.113. The second kappa shape index (κ2) is 8.26. The monoisotopic (exact) mass is 347 g/mol. The third kappa shape index (κ3) is 4.42. The third-order valence-corrected chi connectivity index (χ3v) is 4.54. The lowest BCUT2D eigenvalue weighted by Crippen LogP contribution is -2.20. The highest BCUT2D eigenvalue weighted by atomic mass is 32.2. The van der Waals surface area contributed by atoms with Gasteiger partial charge in [0.1, 0.15) is 11.5 Å². The van der Waals surface area contributed by atoms with Crippen LogP contribution in [0.4, 0.5) is 5.69 Å². The molecule has 0 aliphatic heterocycles. The number of nitrogens with one attached hydrogen (secondary N) is 1. The molecule has 7 heteroatoms. The Morgan fingerprint density at radius 3 is 2.33 bits per heavy atom. The van der Waals surface area contributed by atoms with Crippen LogP contribution in [0.15, 0.2) is 53.4 Å². The molecule has 2 rings (SSSR count). The zero-order valence-electron chi connectivity index (χ0n) is 13.3. The molecule has 1 unspecified atom stereocenters. The molecule has 0 spiro atoms. The fourth-order valence-electron chi connectivity index (χ4n) is 2.01. The minimum absolute atomic E-state index is 0.190. The van der Waals surface area contributed by atoms with Gasteiger partial charge in [0.25, 0.3) is 0 Å². The van der Waals surface area contributed by atoms with Crippen molar-refractivity contribution in [3.63, 3.8) is 0 Å². The minimum atomic E-state index is -1.66. The summed E-state index contributed by atoms with van der Waals surface area (Å²) in [4.78, 5) is 24.0. The number of methoxy groups -OCH3 is 2. The van der Waals surface area contributed by atoms with Crippen LogP contribution in [0.1, 0.15) is 10.4 Å². The Morgan fingerprint density at radius 2 is 1.71 bits per heavy atom. The van der Waals surface area contributed by atoms with Gasteiger partial charge in [0, 0.05) is 5.69 Å². The summed E-state index contributed by atoms with van der Waals surface area (Å²) in [6.07, 6.45) is 0. The maximum Gasteiger partial charge on any atom is 0.339 e. The molecule has 0 radical (unpaired) electrons. The quantitative estimate of drug-likeness (QED) is 0.811. The van der Waals surface area contributed by atoms with Crippen molar-refractivity contribution in [3.05, 3.63) is 54.1 Å². The van der Waals surface area contributed by atoms with E-state index in [1.54, 1.807) is 49.6 Å². The Morgan fingerprint density at radius 1 is 1.04 bits per heavy atom. The fraction of sp³-hybridized carbons (Fsp3) is 0.176. The number of ether oxygens (including phenoxy) is 2. The van der Waals surface area contributed by atoms with Gasteiger partial charge >= 0.3 is 5.97 Å². The normalized spacial score (nSPS) is 11.4. The van der Waals surface area contributed by atoms with Gasteiger partial charge in [-0.25, -0.2) is 4.79 Å². The first-order valence-corrected chi connectivity index (χ1v) is 8.36. The van der Waals surface area contributed by atoms with Crippen LogP contribution in [0.2, 0.25) is 0 Å². The Bertz CT molecular complexity index is 758. The Kier molecular flexibility index (Phi) is 6.08. The van der Waals surface area contributed by atoms with Crippen molar-refractivity contribution < 1.29 is 23.3 Å². The van der Waals surface area contributed by atoms with Crippen molar-refractivity contribution in [2.45, 2.75) is 4.90 Å². The molecule has 6 nitrogen and oxygen atoms in total. The Balaban J connectivity index is 2.06. The summed E-state index contributed by atoms with van der Waals surface area (Å²) >= 11 is 0. The van der Waals surface area contributed by atoms with Gasteiger partial charge in [-0.05, 0) is 36.4 Å². The molecule has 1 amide bonds. The van der Waals surface area contributed by atoms with E-state index in [9.17, 15) is 13.8 Å². The number of hydrogen-bond acceptors (Lipinski definition) is 5. The zero-order valence-corrected chi connectivity index (χ0v) is 14.1. The van der Waals surface area contributed by atoms with Crippen molar-refractivity contribution >= 4 is 28.4 Å². The van der Waals surface area contributed by atoms with Gasteiger partial charge in [-0.2, -0.15) is 0 Å². The summed E-state index contributed by atoms with van der Waals surface area (Å²) < 4.78 is 22.1. The average molecular weight is 347 g/mol. The van der Waals surface area contributed by atoms with Gasteiger partial charge in [0.05, 0.1) is 35.5 Å². The molecule has 1 atom stereocenters. The third-order valence-electron chi connectivity index (χ3n) is 3.17. The van der Waals surface area contributed by atoms with Crippen LogP contribution in [-0.2, 0) is 20.3 Å². The van der Waals surface area contributed by atoms with E-state index in [-0.39, 0.29) is 16.2 Å². The number of anilines is 1. The first-order chi connectivity index (χ1) is 11.5. The van der Waals surface area contributed by atoms with E-state index in [1.807, 2.05) is 0 Å². The van der Waals surface area contributed by atoms with Crippen molar-refractivity contribution in [2.24, 2.45) is 0 Å². The van der Waals surface area contributed by atoms with Crippen molar-refractivity contribution in [1.82, 2.24) is 0 Å². The molecule has 0 aromatic heterocycles. The van der Waals surface area contributed by atoms with E-state index in [2.05, 4.69) is 10.1 Å². The topological polar surface area (TPSA) is 81.7 Å². The number of amides is 1. The molecule has 2 aromatic carbocycles. The van der Waals surface area contributed by atoms with Crippen LogP contribution in [0.3, 0.4) is 0 Å². The maximum absolute atomic E-state index is 12.4. The van der Waals surface area contributed by atoms with Crippen LogP contribution < -0.4 is 10.1 Å². The van der Waals surface area contributed by atoms with Crippen LogP contribution in [0.5, 0.6) is 5.75 Å². The van der Waals surface area contributed by atoms with Crippen LogP contribution in [0.25, 0.3) is 0 Å². The molecular formula is C17H17NO5S. The molecule has 0 heterocycles. The molecule has 0 aliphatic rings. The first kappa shape index (κ1) is 17.7. The van der Waals surface area contributed by atoms with Gasteiger partial charge in [-0.15, -0.1) is 0 Å². The molecular weight excluding hydrogens is 330 g/mol. The molecule has 0 fully saturated rings. The van der Waals surface area contributed by atoms with Crippen LogP contribution >= 0.6 is 0 Å². The van der Waals surface area contributed by atoms with Gasteiger partial charge in [-0.1, -0.05) is 12.1 Å². The van der Waals surface area contributed by atoms with Crippen LogP contribution in [0, 0.1) is 0 Å². The van der Waals surface area contributed by atoms with E-state index >= 15 is 0 Å². The average Bonchev–Trinajstić information content (AvgIpc) is 2.61. The SMILES string of the molecule is COC(=O)c1ccccc1S(=O)CC(=O)Nc1ccc(OC)cc1. The molecule has 0 saturated heterocycles. The minimum Gasteiger partial charge on any atom is -0.497 e. The molecule has 0 aliphatic carbocycles. The van der Waals surface area contributed by atoms with Crippen LogP contribution in [-0.4, -0.2) is 36.1 Å². The van der Waals surface area contributed by atoms with Gasteiger partial charge < -0.3 is 14.8 Å². The second-order valence-corrected chi connectivity index (χ2v) is 6.17. The number of benzene rings is 2. The highest BCUT2D eigenvalue weighted by Crippen LogP contribution is 2.17. The van der Waals surface area contributed by atoms with Gasteiger partial charge in [0.2, 0.25) is 5.91 Å². The molecule has 2 aromatic rings. The molecule has 0 saturated carbocycles. The van der Waals surface area contributed by atoms with Crippen molar-refractivity contribution in [2.75, 3.05) is 25.3 Å². The summed E-state index contributed by atoms with van der Waals surface area (Å²) in [5, 5.41) is 2.65. The largest absolute Gasteiger partial charge is 0.497 e. The number of hydrogen-bond donors (Lipinski definition) is 1. The second-order valence-electron chi connectivity index (χ2n) is 4.75. The highest BCUT2D eigenvalue weighted by molar-refractivity contribution is 7.85. The highest BCUT2D eigenvalue weighted by Gasteiger charge is 2.18. The van der Waals surface area contributed by atoms with E-state index in [4.69, 9.17) is 4.74 Å². The molecule has 1 N–H and O–H groups in total. The summed E-state index contributed by atoms with van der Waals surface area (Å²) in [5.41, 5.74) is 0.759. The predicted molar refractivity (Wildman–Crippen MR) is 90.7 cm³/mol. The van der Waals surface area contributed by atoms with E-state index < -0.39 is 22.7 Å². The predicted octanol–water partition coefficient (Wildman–Crippen LogP) is 2.23. The van der Waals surface area contributed by atoms with Crippen molar-refractivity contribution in [1.29, 1.82) is 0 Å². The maximum atomic E-state index is 12.4. The summed E-state index contributed by atoms with van der Waals surface area (Å²) in [5.74, 6) is -0.601. The standard InChI is InChI=1S/C17H17NO5S/c1-22-13-9-7-12(8-10-13)18-16(19)11-24(21)15-6-4-3-5-14(15)17(20)23-2/h3-10H,11H2,1-2H3,(H,18,19). The van der Waals surface area contributed by atoms with E-state index in [1.165, 1.54) is 13.2 Å². The van der Waals surface area contributed by atoms with Gasteiger partial charge in [0.15, 0.2) is 0 Å². The summed E-state index contributed by atoms with van der Waals surface area (Å²) in [6, 6.07) is 13.1. The number of esters is 1. The Hall–Kier alpha value is -2.67.